The van der Waals surface area contributed by atoms with E-state index in [2.05, 4.69) is 0 Å². The summed E-state index contributed by atoms with van der Waals surface area (Å²) in [7, 11) is 0. The first-order valence-corrected chi connectivity index (χ1v) is 3.46. The van der Waals surface area contributed by atoms with Gasteiger partial charge in [-0.1, -0.05) is 0 Å². The van der Waals surface area contributed by atoms with Crippen LogP contribution in [-0.4, -0.2) is 27.7 Å². The molecule has 0 aliphatic carbocycles. The minimum atomic E-state index is -1.31. The van der Waals surface area contributed by atoms with Crippen LogP contribution in [0.5, 0.6) is 0 Å². The van der Waals surface area contributed by atoms with Crippen LogP contribution in [-0.2, 0) is 4.79 Å². The minimum Gasteiger partial charge on any atom is -0.481 e. The van der Waals surface area contributed by atoms with Gasteiger partial charge in [-0.2, -0.15) is 0 Å². The predicted octanol–water partition coefficient (Wildman–Crippen LogP) is 0.697. The van der Waals surface area contributed by atoms with Crippen LogP contribution in [0.4, 0.5) is 0 Å². The molecule has 0 aliphatic rings. The van der Waals surface area contributed by atoms with Crippen molar-refractivity contribution in [1.82, 2.24) is 0 Å². The molecule has 4 heteroatoms. The number of hydrogen-bond acceptors (Lipinski definition) is 2. The molecule has 0 fully saturated rings. The van der Waals surface area contributed by atoms with E-state index in [0.717, 1.165) is 0 Å². The number of hydrogen-bond donors (Lipinski definition) is 2. The summed E-state index contributed by atoms with van der Waals surface area (Å²) < 4.78 is 0. The third-order valence-electron chi connectivity index (χ3n) is 1.57. The van der Waals surface area contributed by atoms with Gasteiger partial charge in [0.2, 0.25) is 0 Å². The van der Waals surface area contributed by atoms with Gasteiger partial charge in [-0.25, -0.2) is 0 Å². The van der Waals surface area contributed by atoms with Crippen LogP contribution in [0.2, 0.25) is 0 Å². The fourth-order valence-electron chi connectivity index (χ4n) is 0.382. The quantitative estimate of drug-likeness (QED) is 0.607. The minimum absolute atomic E-state index is 0.0690. The van der Waals surface area contributed by atoms with Crippen molar-refractivity contribution in [2.75, 3.05) is 5.88 Å². The Morgan fingerprint density at radius 3 is 2.30 bits per heavy atom. The molecule has 0 aromatic heterocycles. The molecule has 0 bridgehead atoms. The second kappa shape index (κ2) is 3.21. The standard InChI is InChI=1S/C6H11ClO3/c1-4(5(8)9)6(2,10)3-7/h4,10H,3H2,1-2H3,(H,8,9). The van der Waals surface area contributed by atoms with Crippen LogP contribution in [0.1, 0.15) is 13.8 Å². The monoisotopic (exact) mass is 166 g/mol. The van der Waals surface area contributed by atoms with Crippen molar-refractivity contribution >= 4 is 17.6 Å². The van der Waals surface area contributed by atoms with Gasteiger partial charge in [-0.05, 0) is 13.8 Å². The molecule has 3 nitrogen and oxygen atoms in total. The van der Waals surface area contributed by atoms with Crippen LogP contribution in [0.3, 0.4) is 0 Å². The zero-order valence-electron chi connectivity index (χ0n) is 5.97. The molecule has 0 radical (unpaired) electrons. The van der Waals surface area contributed by atoms with Crippen LogP contribution in [0.25, 0.3) is 0 Å². The van der Waals surface area contributed by atoms with Crippen LogP contribution in [0, 0.1) is 5.92 Å². The van der Waals surface area contributed by atoms with E-state index in [4.69, 9.17) is 16.7 Å². The summed E-state index contributed by atoms with van der Waals surface area (Å²) in [5, 5.41) is 17.7. The van der Waals surface area contributed by atoms with E-state index in [0.29, 0.717) is 0 Å². The Morgan fingerprint density at radius 1 is 1.80 bits per heavy atom. The van der Waals surface area contributed by atoms with Gasteiger partial charge >= 0.3 is 5.97 Å². The van der Waals surface area contributed by atoms with Gasteiger partial charge in [-0.15, -0.1) is 11.6 Å². The molecule has 0 aliphatic heterocycles. The highest BCUT2D eigenvalue weighted by Crippen LogP contribution is 2.17. The zero-order valence-corrected chi connectivity index (χ0v) is 6.72. The molecule has 2 atom stereocenters. The van der Waals surface area contributed by atoms with Gasteiger partial charge in [0.25, 0.3) is 0 Å². The van der Waals surface area contributed by atoms with Crippen molar-refractivity contribution in [3.8, 4) is 0 Å². The molecule has 10 heavy (non-hydrogen) atoms. The second-order valence-corrected chi connectivity index (χ2v) is 2.82. The Bertz CT molecular complexity index is 133. The van der Waals surface area contributed by atoms with Crippen molar-refractivity contribution in [2.24, 2.45) is 5.92 Å². The third kappa shape index (κ3) is 2.15. The third-order valence-corrected chi connectivity index (χ3v) is 2.11. The average molecular weight is 167 g/mol. The summed E-state index contributed by atoms with van der Waals surface area (Å²) in [6.07, 6.45) is 0. The lowest BCUT2D eigenvalue weighted by Gasteiger charge is -2.24. The molecule has 0 saturated carbocycles. The summed E-state index contributed by atoms with van der Waals surface area (Å²) in [4.78, 5) is 10.3. The van der Waals surface area contributed by atoms with Crippen molar-refractivity contribution < 1.29 is 15.0 Å². The van der Waals surface area contributed by atoms with E-state index in [9.17, 15) is 9.90 Å². The molecular weight excluding hydrogens is 156 g/mol. The first-order chi connectivity index (χ1) is 4.41. The summed E-state index contributed by atoms with van der Waals surface area (Å²) in [6.45, 7) is 2.82. The number of rotatable bonds is 3. The van der Waals surface area contributed by atoms with E-state index < -0.39 is 17.5 Å². The Balaban J connectivity index is 4.17. The summed E-state index contributed by atoms with van der Waals surface area (Å²) in [5.74, 6) is -1.93. The number of aliphatic hydroxyl groups is 1. The fourth-order valence-corrected chi connectivity index (χ4v) is 0.613. The molecule has 0 aromatic carbocycles. The number of carboxylic acid groups (broad SMARTS) is 1. The largest absolute Gasteiger partial charge is 0.481 e. The van der Waals surface area contributed by atoms with Crippen molar-refractivity contribution in [1.29, 1.82) is 0 Å². The maximum absolute atomic E-state index is 10.3. The molecular formula is C6H11ClO3. The number of aliphatic carboxylic acids is 1. The van der Waals surface area contributed by atoms with Gasteiger partial charge < -0.3 is 10.2 Å². The molecule has 0 rings (SSSR count). The number of carbonyl (C=O) groups is 1. The van der Waals surface area contributed by atoms with Crippen molar-refractivity contribution in [2.45, 2.75) is 19.4 Å². The van der Waals surface area contributed by atoms with E-state index in [-0.39, 0.29) is 5.88 Å². The number of carboxylic acids is 1. The molecule has 0 heterocycles. The SMILES string of the molecule is CC(C(=O)O)C(C)(O)CCl. The molecule has 0 amide bonds. The first kappa shape index (κ1) is 9.72. The zero-order chi connectivity index (χ0) is 8.36. The maximum atomic E-state index is 10.3. The predicted molar refractivity (Wildman–Crippen MR) is 38.1 cm³/mol. The molecule has 0 saturated heterocycles. The Hall–Kier alpha value is -0.280. The lowest BCUT2D eigenvalue weighted by Crippen LogP contribution is -2.39. The molecule has 0 spiro atoms. The Morgan fingerprint density at radius 2 is 2.20 bits per heavy atom. The van der Waals surface area contributed by atoms with Crippen LogP contribution >= 0.6 is 11.6 Å². The Labute approximate surface area is 64.6 Å². The van der Waals surface area contributed by atoms with Crippen LogP contribution in [0.15, 0.2) is 0 Å². The van der Waals surface area contributed by atoms with Crippen LogP contribution < -0.4 is 0 Å². The van der Waals surface area contributed by atoms with E-state index in [1.165, 1.54) is 13.8 Å². The molecule has 60 valence electrons. The number of halogens is 1. The lowest BCUT2D eigenvalue weighted by atomic mass is 9.93. The van der Waals surface area contributed by atoms with Gasteiger partial charge in [-0.3, -0.25) is 4.79 Å². The molecule has 2 N–H and O–H groups in total. The second-order valence-electron chi connectivity index (χ2n) is 2.55. The fraction of sp³-hybridized carbons (Fsp3) is 0.833. The Kier molecular flexibility index (Phi) is 3.12. The molecule has 0 aromatic rings. The van der Waals surface area contributed by atoms with E-state index in [1.807, 2.05) is 0 Å². The van der Waals surface area contributed by atoms with Gasteiger partial charge in [0.05, 0.1) is 17.4 Å². The number of alkyl halides is 1. The van der Waals surface area contributed by atoms with E-state index >= 15 is 0 Å². The highest BCUT2D eigenvalue weighted by atomic mass is 35.5. The lowest BCUT2D eigenvalue weighted by molar-refractivity contribution is -0.148. The topological polar surface area (TPSA) is 57.5 Å². The average Bonchev–Trinajstić information content (AvgIpc) is 1.86. The summed E-state index contributed by atoms with van der Waals surface area (Å²) in [6, 6.07) is 0. The van der Waals surface area contributed by atoms with Gasteiger partial charge in [0.15, 0.2) is 0 Å². The summed E-state index contributed by atoms with van der Waals surface area (Å²) in [5.41, 5.74) is -1.31. The highest BCUT2D eigenvalue weighted by molar-refractivity contribution is 6.18. The van der Waals surface area contributed by atoms with Gasteiger partial charge in [0, 0.05) is 0 Å². The summed E-state index contributed by atoms with van der Waals surface area (Å²) >= 11 is 5.32. The first-order valence-electron chi connectivity index (χ1n) is 2.93. The van der Waals surface area contributed by atoms with Gasteiger partial charge in [0.1, 0.15) is 0 Å². The normalized spacial score (nSPS) is 19.6. The maximum Gasteiger partial charge on any atom is 0.309 e. The smallest absolute Gasteiger partial charge is 0.309 e. The van der Waals surface area contributed by atoms with Crippen molar-refractivity contribution in [3.63, 3.8) is 0 Å². The van der Waals surface area contributed by atoms with E-state index in [1.54, 1.807) is 0 Å². The highest BCUT2D eigenvalue weighted by Gasteiger charge is 2.32. The molecule has 2 unspecified atom stereocenters. The van der Waals surface area contributed by atoms with Crippen molar-refractivity contribution in [3.05, 3.63) is 0 Å².